The lowest BCUT2D eigenvalue weighted by molar-refractivity contribution is 0.101. The van der Waals surface area contributed by atoms with E-state index in [0.29, 0.717) is 5.41 Å². The Morgan fingerprint density at radius 1 is 1.19 bits per heavy atom. The Kier molecular flexibility index (Phi) is 6.46. The van der Waals surface area contributed by atoms with Crippen LogP contribution in [0.25, 0.3) is 0 Å². The van der Waals surface area contributed by atoms with Crippen LogP contribution in [-0.2, 0) is 11.3 Å². The molecule has 0 atom stereocenters. The number of aromatic nitrogens is 1. The lowest BCUT2D eigenvalue weighted by atomic mass is 9.72. The minimum atomic E-state index is 0.417. The van der Waals surface area contributed by atoms with Crippen molar-refractivity contribution in [2.24, 2.45) is 5.41 Å². The smallest absolute Gasteiger partial charge is 0.137 e. The highest BCUT2D eigenvalue weighted by molar-refractivity contribution is 5.19. The average molecular weight is 292 g/mol. The van der Waals surface area contributed by atoms with Crippen LogP contribution in [-0.4, -0.2) is 32.4 Å². The van der Waals surface area contributed by atoms with E-state index in [4.69, 9.17) is 9.47 Å². The van der Waals surface area contributed by atoms with Crippen molar-refractivity contribution >= 4 is 0 Å². The molecular formula is C17H28N2O2. The maximum absolute atomic E-state index is 5.31. The highest BCUT2D eigenvalue weighted by atomic mass is 16.5. The van der Waals surface area contributed by atoms with Gasteiger partial charge in [0.2, 0.25) is 0 Å². The van der Waals surface area contributed by atoms with Crippen molar-refractivity contribution in [3.8, 4) is 5.75 Å². The molecule has 0 amide bonds. The number of hydrogen-bond acceptors (Lipinski definition) is 4. The second-order valence-electron chi connectivity index (χ2n) is 6.10. The van der Waals surface area contributed by atoms with Gasteiger partial charge in [-0.3, -0.25) is 4.98 Å². The van der Waals surface area contributed by atoms with E-state index in [0.717, 1.165) is 37.6 Å². The number of pyridine rings is 1. The number of hydrogen-bond donors (Lipinski definition) is 1. The molecule has 0 aromatic carbocycles. The first-order chi connectivity index (χ1) is 10.3. The second kappa shape index (κ2) is 8.35. The van der Waals surface area contributed by atoms with Crippen molar-refractivity contribution in [3.63, 3.8) is 0 Å². The van der Waals surface area contributed by atoms with Gasteiger partial charge in [0, 0.05) is 26.8 Å². The summed E-state index contributed by atoms with van der Waals surface area (Å²) in [6, 6.07) is 3.99. The van der Waals surface area contributed by atoms with Crippen LogP contribution in [0.1, 0.15) is 44.2 Å². The summed E-state index contributed by atoms with van der Waals surface area (Å²) in [6.07, 6.45) is 9.66. The minimum Gasteiger partial charge on any atom is -0.495 e. The van der Waals surface area contributed by atoms with Gasteiger partial charge in [-0.15, -0.1) is 0 Å². The van der Waals surface area contributed by atoms with Gasteiger partial charge in [-0.1, -0.05) is 19.3 Å². The molecule has 4 nitrogen and oxygen atoms in total. The van der Waals surface area contributed by atoms with E-state index in [9.17, 15) is 0 Å². The third-order valence-corrected chi connectivity index (χ3v) is 4.59. The molecule has 1 aliphatic rings. The van der Waals surface area contributed by atoms with Crippen LogP contribution in [0, 0.1) is 5.41 Å². The molecule has 1 fully saturated rings. The third-order valence-electron chi connectivity index (χ3n) is 4.59. The van der Waals surface area contributed by atoms with Crippen LogP contribution in [0.5, 0.6) is 5.75 Å². The molecule has 1 heterocycles. The van der Waals surface area contributed by atoms with Crippen molar-refractivity contribution in [2.45, 2.75) is 45.1 Å². The third kappa shape index (κ3) is 4.97. The molecule has 0 saturated heterocycles. The van der Waals surface area contributed by atoms with Gasteiger partial charge in [-0.2, -0.15) is 0 Å². The topological polar surface area (TPSA) is 43.4 Å². The van der Waals surface area contributed by atoms with Gasteiger partial charge in [0.1, 0.15) is 5.75 Å². The normalized spacial score (nSPS) is 17.6. The molecule has 0 spiro atoms. The van der Waals surface area contributed by atoms with E-state index in [2.05, 4.69) is 10.3 Å². The maximum Gasteiger partial charge on any atom is 0.137 e. The molecule has 1 aromatic rings. The van der Waals surface area contributed by atoms with Crippen LogP contribution >= 0.6 is 0 Å². The Morgan fingerprint density at radius 2 is 2.00 bits per heavy atom. The van der Waals surface area contributed by atoms with Gasteiger partial charge in [-0.05, 0) is 36.8 Å². The van der Waals surface area contributed by atoms with Crippen molar-refractivity contribution in [2.75, 3.05) is 27.4 Å². The lowest BCUT2D eigenvalue weighted by Crippen LogP contribution is -2.37. The molecule has 0 unspecified atom stereocenters. The Bertz CT molecular complexity index is 400. The van der Waals surface area contributed by atoms with E-state index in [1.807, 2.05) is 12.1 Å². The largest absolute Gasteiger partial charge is 0.495 e. The molecule has 21 heavy (non-hydrogen) atoms. The average Bonchev–Trinajstić information content (AvgIpc) is 2.55. The van der Waals surface area contributed by atoms with E-state index >= 15 is 0 Å². The summed E-state index contributed by atoms with van der Waals surface area (Å²) in [5.74, 6) is 0.808. The first-order valence-electron chi connectivity index (χ1n) is 7.97. The maximum atomic E-state index is 5.31. The van der Waals surface area contributed by atoms with Crippen LogP contribution in [0.2, 0.25) is 0 Å². The Hall–Kier alpha value is -1.13. The SMILES string of the molecule is COCCC1(CNCc2ccc(OC)cn2)CCCCC1. The minimum absolute atomic E-state index is 0.417. The first-order valence-corrected chi connectivity index (χ1v) is 7.97. The number of rotatable bonds is 8. The second-order valence-corrected chi connectivity index (χ2v) is 6.10. The molecule has 4 heteroatoms. The molecule has 118 valence electrons. The number of nitrogens with one attached hydrogen (secondary N) is 1. The van der Waals surface area contributed by atoms with Crippen molar-refractivity contribution in [1.29, 1.82) is 0 Å². The predicted molar refractivity (Wildman–Crippen MR) is 84.5 cm³/mol. The highest BCUT2D eigenvalue weighted by Crippen LogP contribution is 2.38. The lowest BCUT2D eigenvalue weighted by Gasteiger charge is -2.37. The number of nitrogens with zero attached hydrogens (tertiary/aromatic N) is 1. The fraction of sp³-hybridized carbons (Fsp3) is 0.706. The zero-order chi connectivity index (χ0) is 15.0. The van der Waals surface area contributed by atoms with Gasteiger partial charge in [0.15, 0.2) is 0 Å². The quantitative estimate of drug-likeness (QED) is 0.799. The molecule has 0 radical (unpaired) electrons. The van der Waals surface area contributed by atoms with E-state index in [1.165, 1.54) is 32.1 Å². The van der Waals surface area contributed by atoms with E-state index in [1.54, 1.807) is 20.4 Å². The van der Waals surface area contributed by atoms with Gasteiger partial charge in [0.05, 0.1) is 19.0 Å². The molecule has 1 aliphatic carbocycles. The van der Waals surface area contributed by atoms with E-state index < -0.39 is 0 Å². The summed E-state index contributed by atoms with van der Waals surface area (Å²) in [5, 5.41) is 3.60. The molecule has 1 aromatic heterocycles. The van der Waals surface area contributed by atoms with Crippen molar-refractivity contribution in [3.05, 3.63) is 24.0 Å². The van der Waals surface area contributed by atoms with Crippen LogP contribution in [0.4, 0.5) is 0 Å². The summed E-state index contributed by atoms with van der Waals surface area (Å²) in [6.45, 7) is 2.74. The van der Waals surface area contributed by atoms with Crippen LogP contribution < -0.4 is 10.1 Å². The molecular weight excluding hydrogens is 264 g/mol. The zero-order valence-electron chi connectivity index (χ0n) is 13.4. The van der Waals surface area contributed by atoms with Crippen molar-refractivity contribution < 1.29 is 9.47 Å². The van der Waals surface area contributed by atoms with Crippen LogP contribution in [0.15, 0.2) is 18.3 Å². The number of methoxy groups -OCH3 is 2. The Balaban J connectivity index is 1.83. The standard InChI is InChI=1S/C17H28N2O2/c1-20-11-10-17(8-4-3-5-9-17)14-18-12-15-6-7-16(21-2)13-19-15/h6-7,13,18H,3-5,8-12,14H2,1-2H3. The summed E-state index contributed by atoms with van der Waals surface area (Å²) < 4.78 is 10.4. The Morgan fingerprint density at radius 3 is 2.62 bits per heavy atom. The molecule has 1 saturated carbocycles. The van der Waals surface area contributed by atoms with Gasteiger partial charge < -0.3 is 14.8 Å². The Labute approximate surface area is 128 Å². The zero-order valence-corrected chi connectivity index (χ0v) is 13.4. The summed E-state index contributed by atoms with van der Waals surface area (Å²) in [5.41, 5.74) is 1.48. The molecule has 0 aliphatic heterocycles. The van der Waals surface area contributed by atoms with Gasteiger partial charge in [0.25, 0.3) is 0 Å². The fourth-order valence-electron chi connectivity index (χ4n) is 3.23. The number of ether oxygens (including phenoxy) is 2. The first kappa shape index (κ1) is 16.2. The van der Waals surface area contributed by atoms with Crippen LogP contribution in [0.3, 0.4) is 0 Å². The highest BCUT2D eigenvalue weighted by Gasteiger charge is 2.31. The fourth-order valence-corrected chi connectivity index (χ4v) is 3.23. The van der Waals surface area contributed by atoms with Gasteiger partial charge in [-0.25, -0.2) is 0 Å². The van der Waals surface area contributed by atoms with Gasteiger partial charge >= 0.3 is 0 Å². The van der Waals surface area contributed by atoms with Crippen molar-refractivity contribution in [1.82, 2.24) is 10.3 Å². The summed E-state index contributed by atoms with van der Waals surface area (Å²) in [4.78, 5) is 4.40. The van der Waals surface area contributed by atoms with E-state index in [-0.39, 0.29) is 0 Å². The molecule has 0 bridgehead atoms. The molecule has 2 rings (SSSR count). The summed E-state index contributed by atoms with van der Waals surface area (Å²) in [7, 11) is 3.46. The predicted octanol–water partition coefficient (Wildman–Crippen LogP) is 3.17. The monoisotopic (exact) mass is 292 g/mol. The summed E-state index contributed by atoms with van der Waals surface area (Å²) >= 11 is 0. The molecule has 1 N–H and O–H groups in total.